The van der Waals surface area contributed by atoms with Gasteiger partial charge in [0.05, 0.1) is 26.7 Å². The topological polar surface area (TPSA) is 67.9 Å². The zero-order chi connectivity index (χ0) is 23.4. The smallest absolute Gasteiger partial charge is 0.255 e. The number of carbonyl (C=O) groups is 2. The number of hydrogen-bond acceptors (Lipinski definition) is 4. The number of benzene rings is 3. The van der Waals surface area contributed by atoms with Crippen molar-refractivity contribution >= 4 is 23.4 Å². The molecule has 0 spiro atoms. The highest BCUT2D eigenvalue weighted by Crippen LogP contribution is 2.37. The van der Waals surface area contributed by atoms with E-state index in [2.05, 4.69) is 5.32 Å². The molecule has 1 heterocycles. The summed E-state index contributed by atoms with van der Waals surface area (Å²) in [7, 11) is 3.13. The largest absolute Gasteiger partial charge is 0.493 e. The fourth-order valence-electron chi connectivity index (χ4n) is 4.08. The second-order valence-electron chi connectivity index (χ2n) is 7.79. The summed E-state index contributed by atoms with van der Waals surface area (Å²) < 4.78 is 10.8. The highest BCUT2D eigenvalue weighted by Gasteiger charge is 2.34. The molecule has 1 aliphatic rings. The predicted molar refractivity (Wildman–Crippen MR) is 127 cm³/mol. The molecule has 1 N–H and O–H groups in total. The van der Waals surface area contributed by atoms with Crippen molar-refractivity contribution in [1.29, 1.82) is 0 Å². The van der Waals surface area contributed by atoms with Crippen molar-refractivity contribution in [2.24, 2.45) is 0 Å². The minimum absolute atomic E-state index is 0.0933. The van der Waals surface area contributed by atoms with Crippen LogP contribution in [0.4, 0.5) is 0 Å². The molecule has 0 aromatic heterocycles. The second-order valence-corrected chi connectivity index (χ2v) is 8.20. The van der Waals surface area contributed by atoms with E-state index in [9.17, 15) is 9.59 Å². The van der Waals surface area contributed by atoms with Crippen LogP contribution in [0.3, 0.4) is 0 Å². The van der Waals surface area contributed by atoms with E-state index in [1.165, 1.54) is 0 Å². The molecule has 6 nitrogen and oxygen atoms in total. The van der Waals surface area contributed by atoms with Crippen LogP contribution < -0.4 is 14.8 Å². The van der Waals surface area contributed by atoms with Gasteiger partial charge >= 0.3 is 0 Å². The molecule has 4 rings (SSSR count). The highest BCUT2D eigenvalue weighted by atomic mass is 35.5. The maximum atomic E-state index is 13.2. The first-order valence-corrected chi connectivity index (χ1v) is 11.0. The van der Waals surface area contributed by atoms with Gasteiger partial charge in [-0.3, -0.25) is 9.59 Å². The van der Waals surface area contributed by atoms with Crippen molar-refractivity contribution in [2.75, 3.05) is 14.2 Å². The van der Waals surface area contributed by atoms with Gasteiger partial charge in [-0.25, -0.2) is 0 Å². The lowest BCUT2D eigenvalue weighted by Gasteiger charge is -2.28. The van der Waals surface area contributed by atoms with Gasteiger partial charge in [-0.2, -0.15) is 0 Å². The molecule has 0 saturated heterocycles. The number of nitrogens with zero attached hydrogens (tertiary/aromatic N) is 1. The number of fused-ring (bicyclic) bond motifs is 1. The first-order valence-electron chi connectivity index (χ1n) is 10.6. The van der Waals surface area contributed by atoms with E-state index in [0.717, 1.165) is 16.7 Å². The Morgan fingerprint density at radius 2 is 1.76 bits per heavy atom. The molecule has 0 bridgehead atoms. The lowest BCUT2D eigenvalue weighted by molar-refractivity contribution is -0.122. The van der Waals surface area contributed by atoms with Gasteiger partial charge in [-0.1, -0.05) is 54.1 Å². The van der Waals surface area contributed by atoms with E-state index < -0.39 is 6.04 Å². The summed E-state index contributed by atoms with van der Waals surface area (Å²) in [4.78, 5) is 27.9. The van der Waals surface area contributed by atoms with Crippen LogP contribution in [-0.2, 0) is 17.9 Å². The van der Waals surface area contributed by atoms with E-state index in [1.807, 2.05) is 54.6 Å². The molecule has 0 saturated carbocycles. The number of ether oxygens (including phenoxy) is 2. The lowest BCUT2D eigenvalue weighted by atomic mass is 10.0. The molecular weight excluding hydrogens is 440 g/mol. The molecule has 3 aromatic carbocycles. The minimum atomic E-state index is -0.476. The van der Waals surface area contributed by atoms with Gasteiger partial charge in [0.25, 0.3) is 5.91 Å². The van der Waals surface area contributed by atoms with Crippen LogP contribution >= 0.6 is 11.6 Å². The van der Waals surface area contributed by atoms with Gasteiger partial charge in [0, 0.05) is 23.7 Å². The third-order valence-corrected chi connectivity index (χ3v) is 6.20. The summed E-state index contributed by atoms with van der Waals surface area (Å²) in [5, 5.41) is 3.53. The van der Waals surface area contributed by atoms with E-state index in [-0.39, 0.29) is 18.2 Å². The van der Waals surface area contributed by atoms with Gasteiger partial charge in [0.1, 0.15) is 0 Å². The zero-order valence-corrected chi connectivity index (χ0v) is 19.3. The Morgan fingerprint density at radius 1 is 1.03 bits per heavy atom. The molecule has 7 heteroatoms. The average Bonchev–Trinajstić information content (AvgIpc) is 3.18. The third kappa shape index (κ3) is 4.81. The normalized spacial score (nSPS) is 13.4. The summed E-state index contributed by atoms with van der Waals surface area (Å²) in [6.07, 6.45) is 0.0969. The Morgan fingerprint density at radius 3 is 2.48 bits per heavy atom. The van der Waals surface area contributed by atoms with Gasteiger partial charge < -0.3 is 19.7 Å². The fraction of sp³-hybridized carbons (Fsp3) is 0.231. The predicted octanol–water partition coefficient (Wildman–Crippen LogP) is 4.76. The SMILES string of the molecule is COc1ccc([C@H](CC(=O)NCc2ccccc2Cl)N2Cc3ccccc3C2=O)cc1OC. The Kier molecular flexibility index (Phi) is 6.84. The van der Waals surface area contributed by atoms with E-state index >= 15 is 0 Å². The van der Waals surface area contributed by atoms with Crippen molar-refractivity contribution in [2.45, 2.75) is 25.6 Å². The Bertz CT molecular complexity index is 1180. The lowest BCUT2D eigenvalue weighted by Crippen LogP contribution is -2.34. The number of amides is 2. The van der Waals surface area contributed by atoms with Crippen molar-refractivity contribution in [3.05, 3.63) is 94.0 Å². The Labute approximate surface area is 198 Å². The maximum Gasteiger partial charge on any atom is 0.255 e. The second kappa shape index (κ2) is 9.96. The van der Waals surface area contributed by atoms with Crippen LogP contribution in [0.5, 0.6) is 11.5 Å². The molecule has 0 radical (unpaired) electrons. The fourth-order valence-corrected chi connectivity index (χ4v) is 4.28. The molecule has 0 aliphatic carbocycles. The average molecular weight is 465 g/mol. The van der Waals surface area contributed by atoms with Crippen LogP contribution in [0.15, 0.2) is 66.7 Å². The van der Waals surface area contributed by atoms with E-state index in [4.69, 9.17) is 21.1 Å². The number of halogens is 1. The highest BCUT2D eigenvalue weighted by molar-refractivity contribution is 6.31. The summed E-state index contributed by atoms with van der Waals surface area (Å²) in [5.41, 5.74) is 3.24. The van der Waals surface area contributed by atoms with Gasteiger partial charge in [-0.05, 0) is 41.0 Å². The van der Waals surface area contributed by atoms with Crippen LogP contribution in [0, 0.1) is 0 Å². The molecule has 1 atom stereocenters. The zero-order valence-electron chi connectivity index (χ0n) is 18.5. The first kappa shape index (κ1) is 22.7. The van der Waals surface area contributed by atoms with Crippen LogP contribution in [0.2, 0.25) is 5.02 Å². The molecular formula is C26H25ClN2O4. The van der Waals surface area contributed by atoms with Crippen molar-refractivity contribution in [1.82, 2.24) is 10.2 Å². The maximum absolute atomic E-state index is 13.2. The number of carbonyl (C=O) groups excluding carboxylic acids is 2. The molecule has 3 aromatic rings. The van der Waals surface area contributed by atoms with E-state index in [0.29, 0.717) is 35.2 Å². The first-order chi connectivity index (χ1) is 16.0. The monoisotopic (exact) mass is 464 g/mol. The Hall–Kier alpha value is -3.51. The quantitative estimate of drug-likeness (QED) is 0.522. The number of nitrogens with one attached hydrogen (secondary N) is 1. The van der Waals surface area contributed by atoms with Crippen molar-refractivity contribution < 1.29 is 19.1 Å². The van der Waals surface area contributed by atoms with Crippen molar-refractivity contribution in [3.8, 4) is 11.5 Å². The van der Waals surface area contributed by atoms with Crippen LogP contribution in [0.1, 0.15) is 39.5 Å². The summed E-state index contributed by atoms with van der Waals surface area (Å²) in [6, 6.07) is 19.9. The Balaban J connectivity index is 1.60. The summed E-state index contributed by atoms with van der Waals surface area (Å²) in [5.74, 6) is 0.850. The van der Waals surface area contributed by atoms with Gasteiger partial charge in [-0.15, -0.1) is 0 Å². The number of rotatable bonds is 8. The summed E-state index contributed by atoms with van der Waals surface area (Å²) in [6.45, 7) is 0.747. The van der Waals surface area contributed by atoms with Crippen LogP contribution in [0.25, 0.3) is 0 Å². The summed E-state index contributed by atoms with van der Waals surface area (Å²) >= 11 is 6.22. The van der Waals surface area contributed by atoms with Gasteiger partial charge in [0.15, 0.2) is 11.5 Å². The molecule has 0 unspecified atom stereocenters. The molecule has 33 heavy (non-hydrogen) atoms. The standard InChI is InChI=1S/C26H25ClN2O4/c1-32-23-12-11-17(13-24(23)33-2)22(29-16-19-8-3-5-9-20(19)26(29)31)14-25(30)28-15-18-7-4-6-10-21(18)27/h3-13,22H,14-16H2,1-2H3,(H,28,30)/t22-/m0/s1. The molecule has 0 fully saturated rings. The number of methoxy groups -OCH3 is 2. The van der Waals surface area contributed by atoms with Gasteiger partial charge in [0.2, 0.25) is 5.91 Å². The third-order valence-electron chi connectivity index (χ3n) is 5.83. The van der Waals surface area contributed by atoms with E-state index in [1.54, 1.807) is 31.3 Å². The van der Waals surface area contributed by atoms with Crippen molar-refractivity contribution in [3.63, 3.8) is 0 Å². The molecule has 170 valence electrons. The number of hydrogen-bond donors (Lipinski definition) is 1. The minimum Gasteiger partial charge on any atom is -0.493 e. The van der Waals surface area contributed by atoms with Crippen LogP contribution in [-0.4, -0.2) is 30.9 Å². The molecule has 2 amide bonds. The molecule has 1 aliphatic heterocycles.